The summed E-state index contributed by atoms with van der Waals surface area (Å²) in [6, 6.07) is 3.31. The fourth-order valence-corrected chi connectivity index (χ4v) is 2.12. The molecule has 0 spiro atoms. The molecule has 0 radical (unpaired) electrons. The minimum Gasteiger partial charge on any atom is -0.379 e. The van der Waals surface area contributed by atoms with Crippen molar-refractivity contribution in [3.8, 4) is 0 Å². The second-order valence-corrected chi connectivity index (χ2v) is 4.67. The van der Waals surface area contributed by atoms with Crippen LogP contribution in [0, 0.1) is 0 Å². The molecule has 5 nitrogen and oxygen atoms in total. The number of pyridine rings is 1. The largest absolute Gasteiger partial charge is 0.418 e. The van der Waals surface area contributed by atoms with Crippen LogP contribution in [0.3, 0.4) is 0 Å². The number of hydrazine groups is 1. The number of nitrogens with zero attached hydrogens (tertiary/aromatic N) is 2. The van der Waals surface area contributed by atoms with E-state index in [2.05, 4.69) is 10.4 Å². The van der Waals surface area contributed by atoms with Crippen LogP contribution >= 0.6 is 0 Å². The van der Waals surface area contributed by atoms with Gasteiger partial charge in [-0.1, -0.05) is 0 Å². The number of hydrogen-bond donors (Lipinski definition) is 3. The van der Waals surface area contributed by atoms with Gasteiger partial charge in [-0.3, -0.25) is 15.7 Å². The van der Waals surface area contributed by atoms with Crippen molar-refractivity contribution in [1.82, 2.24) is 9.88 Å². The molecule has 1 aliphatic rings. The average Bonchev–Trinajstić information content (AvgIpc) is 2.72. The number of alkyl halides is 3. The molecule has 1 atom stereocenters. The Morgan fingerprint density at radius 3 is 2.84 bits per heavy atom. The molecule has 1 fully saturated rings. The van der Waals surface area contributed by atoms with Gasteiger partial charge in [0, 0.05) is 25.8 Å². The van der Waals surface area contributed by atoms with Crippen molar-refractivity contribution in [2.24, 2.45) is 5.84 Å². The van der Waals surface area contributed by atoms with Gasteiger partial charge in [-0.05, 0) is 18.6 Å². The minimum atomic E-state index is -4.60. The van der Waals surface area contributed by atoms with E-state index in [-0.39, 0.29) is 19.5 Å². The predicted octanol–water partition coefficient (Wildman–Crippen LogP) is 0.866. The van der Waals surface area contributed by atoms with Gasteiger partial charge < -0.3 is 10.5 Å². The van der Waals surface area contributed by atoms with E-state index in [9.17, 15) is 18.3 Å². The number of hydrogen-bond acceptors (Lipinski definition) is 5. The second-order valence-electron chi connectivity index (χ2n) is 4.67. The fraction of sp³-hybridized carbons (Fsp3) is 0.545. The summed E-state index contributed by atoms with van der Waals surface area (Å²) in [5.41, 5.74) is 1.06. The van der Waals surface area contributed by atoms with E-state index in [4.69, 9.17) is 5.84 Å². The van der Waals surface area contributed by atoms with E-state index < -0.39 is 18.3 Å². The molecule has 19 heavy (non-hydrogen) atoms. The molecule has 0 amide bonds. The maximum absolute atomic E-state index is 12.7. The first-order valence-electron chi connectivity index (χ1n) is 5.77. The summed E-state index contributed by atoms with van der Waals surface area (Å²) in [7, 11) is 0. The first-order valence-corrected chi connectivity index (χ1v) is 5.77. The molecule has 1 aromatic heterocycles. The number of nitrogens with two attached hydrogens (primary N) is 1. The van der Waals surface area contributed by atoms with E-state index in [0.717, 1.165) is 0 Å². The van der Waals surface area contributed by atoms with Crippen LogP contribution in [0.1, 0.15) is 12.1 Å². The van der Waals surface area contributed by atoms with Crippen LogP contribution in [0.4, 0.5) is 18.9 Å². The van der Waals surface area contributed by atoms with Gasteiger partial charge in [-0.2, -0.15) is 13.2 Å². The van der Waals surface area contributed by atoms with E-state index in [1.807, 2.05) is 0 Å². The van der Waals surface area contributed by atoms with Gasteiger partial charge in [0.25, 0.3) is 0 Å². The van der Waals surface area contributed by atoms with Crippen LogP contribution < -0.4 is 11.3 Å². The molecule has 106 valence electrons. The van der Waals surface area contributed by atoms with E-state index >= 15 is 0 Å². The smallest absolute Gasteiger partial charge is 0.379 e. The number of aliphatic hydroxyl groups is 1. The van der Waals surface area contributed by atoms with Crippen LogP contribution in [-0.4, -0.2) is 39.9 Å². The summed E-state index contributed by atoms with van der Waals surface area (Å²) < 4.78 is 38.0. The summed E-state index contributed by atoms with van der Waals surface area (Å²) >= 11 is 0. The topological polar surface area (TPSA) is 74.4 Å². The molecular formula is C11H15F3N4O. The van der Waals surface area contributed by atoms with Crippen molar-refractivity contribution in [3.05, 3.63) is 24.0 Å². The summed E-state index contributed by atoms with van der Waals surface area (Å²) in [5.74, 6) is 5.25. The van der Waals surface area contributed by atoms with Crippen molar-refractivity contribution in [1.29, 1.82) is 0 Å². The van der Waals surface area contributed by atoms with Crippen LogP contribution in [0.25, 0.3) is 0 Å². The zero-order chi connectivity index (χ0) is 14.1. The van der Waals surface area contributed by atoms with Crippen LogP contribution in [0.5, 0.6) is 0 Å². The van der Waals surface area contributed by atoms with Crippen LogP contribution in [0.2, 0.25) is 0 Å². The van der Waals surface area contributed by atoms with Crippen LogP contribution in [0.15, 0.2) is 18.3 Å². The molecule has 8 heteroatoms. The molecule has 2 rings (SSSR count). The van der Waals surface area contributed by atoms with Crippen molar-refractivity contribution < 1.29 is 18.3 Å². The molecule has 1 unspecified atom stereocenters. The van der Waals surface area contributed by atoms with Gasteiger partial charge in [-0.25, -0.2) is 0 Å². The molecule has 0 aliphatic carbocycles. The van der Waals surface area contributed by atoms with E-state index in [1.54, 1.807) is 12.1 Å². The van der Waals surface area contributed by atoms with Gasteiger partial charge in [0.2, 0.25) is 0 Å². The number of aromatic nitrogens is 1. The Bertz CT molecular complexity index is 454. The Labute approximate surface area is 108 Å². The van der Waals surface area contributed by atoms with Crippen molar-refractivity contribution in [2.75, 3.05) is 18.5 Å². The number of anilines is 1. The Morgan fingerprint density at radius 1 is 1.53 bits per heavy atom. The Morgan fingerprint density at radius 2 is 2.26 bits per heavy atom. The lowest BCUT2D eigenvalue weighted by Gasteiger charge is -2.26. The normalized spacial score (nSPS) is 24.7. The monoisotopic (exact) mass is 276 g/mol. The molecular weight excluding hydrogens is 261 g/mol. The van der Waals surface area contributed by atoms with Crippen molar-refractivity contribution >= 4 is 5.69 Å². The maximum atomic E-state index is 12.7. The highest BCUT2D eigenvalue weighted by Gasteiger charge is 2.56. The number of β-amino-alcohol motifs (C(OH)–C–C–N with tert-alkyl or cyclic N) is 1. The number of rotatable bonds is 3. The van der Waals surface area contributed by atoms with Crippen LogP contribution in [-0.2, 0) is 6.54 Å². The molecule has 1 aromatic rings. The highest BCUT2D eigenvalue weighted by atomic mass is 19.4. The highest BCUT2D eigenvalue weighted by molar-refractivity contribution is 5.41. The molecule has 0 bridgehead atoms. The molecule has 1 aliphatic heterocycles. The SMILES string of the molecule is NNc1ccnc(CN2CCC(O)(C(F)(F)F)C2)c1. The van der Waals surface area contributed by atoms with Crippen molar-refractivity contribution in [2.45, 2.75) is 24.7 Å². The van der Waals surface area contributed by atoms with Gasteiger partial charge in [-0.15, -0.1) is 0 Å². The summed E-state index contributed by atoms with van der Waals surface area (Å²) in [6.45, 7) is -0.00958. The van der Waals surface area contributed by atoms with Crippen molar-refractivity contribution in [3.63, 3.8) is 0 Å². The molecule has 1 saturated heterocycles. The fourth-order valence-electron chi connectivity index (χ4n) is 2.12. The maximum Gasteiger partial charge on any atom is 0.418 e. The summed E-state index contributed by atoms with van der Waals surface area (Å²) in [5, 5.41) is 9.56. The number of nitrogens with one attached hydrogen (secondary N) is 1. The molecule has 0 aromatic carbocycles. The third-order valence-corrected chi connectivity index (χ3v) is 3.22. The second kappa shape index (κ2) is 4.95. The minimum absolute atomic E-state index is 0.179. The van der Waals surface area contributed by atoms with Gasteiger partial charge in [0.05, 0.1) is 11.4 Å². The summed E-state index contributed by atoms with van der Waals surface area (Å²) in [6.07, 6.45) is -3.39. The lowest BCUT2D eigenvalue weighted by atomic mass is 10.0. The lowest BCUT2D eigenvalue weighted by molar-refractivity contribution is -0.254. The first kappa shape index (κ1) is 14.0. The Balaban J connectivity index is 2.02. The zero-order valence-electron chi connectivity index (χ0n) is 10.1. The third-order valence-electron chi connectivity index (χ3n) is 3.22. The summed E-state index contributed by atoms with van der Waals surface area (Å²) in [4.78, 5) is 5.58. The third kappa shape index (κ3) is 2.96. The molecule has 2 heterocycles. The van der Waals surface area contributed by atoms with Gasteiger partial charge >= 0.3 is 6.18 Å². The predicted molar refractivity (Wildman–Crippen MR) is 62.9 cm³/mol. The first-order chi connectivity index (χ1) is 8.84. The standard InChI is InChI=1S/C11H15F3N4O/c12-11(13,14)10(19)2-4-18(7-10)6-9-5-8(17-15)1-3-16-9/h1,3,5,19H,2,4,6-7,15H2,(H,16,17). The Hall–Kier alpha value is -1.38. The lowest BCUT2D eigenvalue weighted by Crippen LogP contribution is -2.47. The average molecular weight is 276 g/mol. The van der Waals surface area contributed by atoms with E-state index in [0.29, 0.717) is 11.4 Å². The number of nitrogen functional groups attached to an aromatic ring is 1. The Kier molecular flexibility index (Phi) is 3.66. The number of halogens is 3. The van der Waals surface area contributed by atoms with E-state index in [1.165, 1.54) is 11.1 Å². The number of likely N-dealkylation sites (tertiary alicyclic amines) is 1. The highest BCUT2D eigenvalue weighted by Crippen LogP contribution is 2.37. The van der Waals surface area contributed by atoms with Gasteiger partial charge in [0.1, 0.15) is 0 Å². The molecule has 0 saturated carbocycles. The molecule has 4 N–H and O–H groups in total. The van der Waals surface area contributed by atoms with Gasteiger partial charge in [0.15, 0.2) is 5.60 Å². The quantitative estimate of drug-likeness (QED) is 0.564. The zero-order valence-corrected chi connectivity index (χ0v) is 10.1.